The number of nitrogens with zero attached hydrogens (tertiary/aromatic N) is 3. The van der Waals surface area contributed by atoms with Gasteiger partial charge in [0.2, 0.25) is 0 Å². The van der Waals surface area contributed by atoms with Crippen LogP contribution in [-0.4, -0.2) is 44.9 Å². The number of halogens is 1. The number of rotatable bonds is 12. The van der Waals surface area contributed by atoms with Gasteiger partial charge in [-0.25, -0.2) is 14.5 Å². The molecule has 0 fully saturated rings. The molecule has 4 rings (SSSR count). The molecule has 0 saturated heterocycles. The molecule has 2 aromatic heterocycles. The van der Waals surface area contributed by atoms with Gasteiger partial charge < -0.3 is 24.3 Å². The molecule has 3 atom stereocenters. The van der Waals surface area contributed by atoms with E-state index in [0.29, 0.717) is 28.5 Å². The lowest BCUT2D eigenvalue weighted by Crippen LogP contribution is -2.39. The van der Waals surface area contributed by atoms with Crippen molar-refractivity contribution in [2.24, 2.45) is 0 Å². The minimum Gasteiger partial charge on any atom is -0.459 e. The number of para-hydroxylation sites is 1. The number of aromatic nitrogens is 3. The fraction of sp³-hybridized carbons (Fsp3) is 0.414. The number of imidazole rings is 1. The number of benzene rings is 2. The number of hydrogen-bond donors (Lipinski definition) is 2. The molecule has 11 nitrogen and oxygen atoms in total. The summed E-state index contributed by atoms with van der Waals surface area (Å²) in [5.74, 6) is 0.490. The number of nitrogens with two attached hydrogens (primary N) is 1. The van der Waals surface area contributed by atoms with Crippen molar-refractivity contribution in [2.45, 2.75) is 72.4 Å². The molecule has 0 amide bonds. The van der Waals surface area contributed by atoms with Gasteiger partial charge in [0.05, 0.1) is 23.7 Å². The van der Waals surface area contributed by atoms with Gasteiger partial charge in [0, 0.05) is 17.0 Å². The van der Waals surface area contributed by atoms with E-state index < -0.39 is 31.5 Å². The quantitative estimate of drug-likeness (QED) is 0.138. The number of ether oxygens (including phenoxy) is 2. The van der Waals surface area contributed by atoms with E-state index in [0.717, 1.165) is 10.9 Å². The van der Waals surface area contributed by atoms with E-state index in [-0.39, 0.29) is 24.7 Å². The largest absolute Gasteiger partial charge is 0.459 e. The van der Waals surface area contributed by atoms with Crippen LogP contribution >= 0.6 is 19.3 Å². The molecule has 2 aromatic carbocycles. The molecular weight excluding hydrogens is 581 g/mol. The van der Waals surface area contributed by atoms with Gasteiger partial charge in [0.1, 0.15) is 35.3 Å². The van der Waals surface area contributed by atoms with Gasteiger partial charge in [0.15, 0.2) is 5.82 Å². The summed E-state index contributed by atoms with van der Waals surface area (Å²) in [7, 11) is -4.18. The zero-order valence-corrected chi connectivity index (χ0v) is 26.2. The second-order valence-electron chi connectivity index (χ2n) is 10.8. The highest BCUT2D eigenvalue weighted by Gasteiger charge is 2.35. The summed E-state index contributed by atoms with van der Waals surface area (Å²) in [6.07, 6.45) is -0.709. The summed E-state index contributed by atoms with van der Waals surface area (Å²) >= 11 is 6.14. The Labute approximate surface area is 250 Å². The van der Waals surface area contributed by atoms with Crippen LogP contribution < -0.4 is 15.3 Å². The third-order valence-electron chi connectivity index (χ3n) is 6.02. The Balaban J connectivity index is 1.69. The second kappa shape index (κ2) is 13.0. The minimum absolute atomic E-state index is 0.205. The van der Waals surface area contributed by atoms with Crippen LogP contribution in [0.5, 0.6) is 5.75 Å². The highest BCUT2D eigenvalue weighted by molar-refractivity contribution is 7.52. The van der Waals surface area contributed by atoms with E-state index in [4.69, 9.17) is 40.8 Å². The number of carbonyl (C=O) groups excluding carboxylic acids is 1. The first kappa shape index (κ1) is 31.7. The lowest BCUT2D eigenvalue weighted by molar-refractivity contribution is -0.156. The van der Waals surface area contributed by atoms with Gasteiger partial charge >= 0.3 is 13.7 Å². The second-order valence-corrected chi connectivity index (χ2v) is 12.9. The molecule has 0 spiro atoms. The predicted molar refractivity (Wildman–Crippen MR) is 163 cm³/mol. The van der Waals surface area contributed by atoms with Crippen LogP contribution in [0.1, 0.15) is 47.4 Å². The highest BCUT2D eigenvalue weighted by Crippen LogP contribution is 2.47. The number of carbonyl (C=O) groups is 1. The van der Waals surface area contributed by atoms with Crippen LogP contribution in [0.25, 0.3) is 21.9 Å². The van der Waals surface area contributed by atoms with Crippen LogP contribution in [0.4, 0.5) is 5.82 Å². The fourth-order valence-corrected chi connectivity index (χ4v) is 6.20. The van der Waals surface area contributed by atoms with Crippen LogP contribution in [0.15, 0.2) is 48.5 Å². The van der Waals surface area contributed by atoms with Gasteiger partial charge in [0.25, 0.3) is 0 Å². The highest BCUT2D eigenvalue weighted by atomic mass is 35.5. The minimum atomic E-state index is -4.18. The molecule has 0 radical (unpaired) electrons. The molecule has 0 aliphatic heterocycles. The number of pyridine rings is 1. The monoisotopic (exact) mass is 617 g/mol. The summed E-state index contributed by atoms with van der Waals surface area (Å²) in [5.41, 5.74) is 7.56. The Morgan fingerprint density at radius 2 is 1.88 bits per heavy atom. The average Bonchev–Trinajstić information content (AvgIpc) is 3.24. The first-order valence-electron chi connectivity index (χ1n) is 13.6. The Bertz CT molecular complexity index is 1620. The first-order chi connectivity index (χ1) is 19.8. The maximum Gasteiger partial charge on any atom is 0.459 e. The standard InChI is InChI=1S/C29H37ClN5O6P/c1-7-38-17-24-33-25-26(22-13-8-9-14-23(22)32-27(25)31)35(24)16-18(2)40-42(37,41-21-12-10-11-20(30)15-21)34-19(3)28(36)39-29(4,5)6/h8-15,18-19H,7,16-17H2,1-6H3,(H2,31,32)(H,34,37)/t18-,19+,42+/m1/s1. The van der Waals surface area contributed by atoms with Crippen LogP contribution in [0.2, 0.25) is 5.02 Å². The predicted octanol–water partition coefficient (Wildman–Crippen LogP) is 6.27. The van der Waals surface area contributed by atoms with Gasteiger partial charge in [-0.1, -0.05) is 35.9 Å². The molecule has 0 saturated carbocycles. The van der Waals surface area contributed by atoms with Crippen molar-refractivity contribution in [2.75, 3.05) is 12.3 Å². The normalized spacial score (nSPS) is 14.9. The third kappa shape index (κ3) is 7.79. The van der Waals surface area contributed by atoms with E-state index in [1.807, 2.05) is 35.8 Å². The fourth-order valence-electron chi connectivity index (χ4n) is 4.35. The molecule has 4 aromatic rings. The number of esters is 1. The molecule has 3 N–H and O–H groups in total. The molecule has 2 heterocycles. The lowest BCUT2D eigenvalue weighted by Gasteiger charge is -2.28. The van der Waals surface area contributed by atoms with Crippen molar-refractivity contribution in [1.82, 2.24) is 19.6 Å². The number of fused-ring (bicyclic) bond motifs is 3. The third-order valence-corrected chi connectivity index (χ3v) is 8.04. The Hall–Kier alpha value is -3.21. The van der Waals surface area contributed by atoms with E-state index in [9.17, 15) is 9.36 Å². The average molecular weight is 618 g/mol. The molecule has 42 heavy (non-hydrogen) atoms. The van der Waals surface area contributed by atoms with Crippen LogP contribution in [0, 0.1) is 0 Å². The molecular formula is C29H37ClN5O6P. The van der Waals surface area contributed by atoms with E-state index in [1.165, 1.54) is 13.0 Å². The number of nitrogen functional groups attached to an aromatic ring is 1. The maximum absolute atomic E-state index is 14.2. The van der Waals surface area contributed by atoms with E-state index >= 15 is 0 Å². The molecule has 226 valence electrons. The van der Waals surface area contributed by atoms with Crippen molar-refractivity contribution in [3.8, 4) is 5.75 Å². The van der Waals surface area contributed by atoms with Gasteiger partial charge in [-0.3, -0.25) is 9.32 Å². The van der Waals surface area contributed by atoms with E-state index in [1.54, 1.807) is 45.9 Å². The van der Waals surface area contributed by atoms with Crippen molar-refractivity contribution >= 4 is 53.1 Å². The first-order valence-corrected chi connectivity index (χ1v) is 15.6. The summed E-state index contributed by atoms with van der Waals surface area (Å²) < 4.78 is 39.2. The smallest absolute Gasteiger partial charge is 0.459 e. The zero-order valence-electron chi connectivity index (χ0n) is 24.6. The van der Waals surface area contributed by atoms with Crippen molar-refractivity contribution < 1.29 is 27.9 Å². The number of nitrogens with one attached hydrogen (secondary N) is 1. The zero-order chi connectivity index (χ0) is 30.7. The van der Waals surface area contributed by atoms with Gasteiger partial charge in [-0.2, -0.15) is 5.09 Å². The Morgan fingerprint density at radius 3 is 2.57 bits per heavy atom. The Morgan fingerprint density at radius 1 is 1.14 bits per heavy atom. The van der Waals surface area contributed by atoms with Gasteiger partial charge in [-0.05, 0) is 65.8 Å². The topological polar surface area (TPSA) is 140 Å². The van der Waals surface area contributed by atoms with Crippen molar-refractivity contribution in [1.29, 1.82) is 0 Å². The summed E-state index contributed by atoms with van der Waals surface area (Å²) in [6.45, 7) is 11.3. The van der Waals surface area contributed by atoms with Gasteiger partial charge in [-0.15, -0.1) is 0 Å². The van der Waals surface area contributed by atoms with Crippen LogP contribution in [0.3, 0.4) is 0 Å². The van der Waals surface area contributed by atoms with E-state index in [2.05, 4.69) is 10.1 Å². The summed E-state index contributed by atoms with van der Waals surface area (Å²) in [5, 5.41) is 3.96. The molecule has 13 heteroatoms. The summed E-state index contributed by atoms with van der Waals surface area (Å²) in [6, 6.07) is 13.0. The maximum atomic E-state index is 14.2. The molecule has 0 aliphatic rings. The number of anilines is 1. The van der Waals surface area contributed by atoms with Crippen molar-refractivity contribution in [3.05, 3.63) is 59.4 Å². The SMILES string of the molecule is CCOCc1nc2c(N)nc3ccccc3c2n1C[C@@H](C)O[P@@](=O)(N[C@@H](C)C(=O)OC(C)(C)C)Oc1cccc(Cl)c1. The van der Waals surface area contributed by atoms with Crippen LogP contribution in [-0.2, 0) is 36.5 Å². The molecule has 0 bridgehead atoms. The Kier molecular flexibility index (Phi) is 9.80. The number of hydrogen-bond acceptors (Lipinski definition) is 9. The summed E-state index contributed by atoms with van der Waals surface area (Å²) in [4.78, 5) is 22.0. The molecule has 0 aliphatic carbocycles. The van der Waals surface area contributed by atoms with Crippen molar-refractivity contribution in [3.63, 3.8) is 0 Å². The lowest BCUT2D eigenvalue weighted by atomic mass is 10.2. The molecule has 0 unspecified atom stereocenters.